The highest BCUT2D eigenvalue weighted by atomic mass is 127. The molecular weight excluding hydrogens is 911 g/mol. The van der Waals surface area contributed by atoms with Crippen molar-refractivity contribution in [1.29, 1.82) is 0 Å². The number of rotatable bonds is 6. The fourth-order valence-corrected chi connectivity index (χ4v) is 16.8. The Morgan fingerprint density at radius 3 is 2.16 bits per heavy atom. The Bertz CT molecular complexity index is 1640. The summed E-state index contributed by atoms with van der Waals surface area (Å²) in [6.07, 6.45) is 4.95. The summed E-state index contributed by atoms with van der Waals surface area (Å²) in [5.41, 5.74) is 2.23. The van der Waals surface area contributed by atoms with E-state index < -0.39 is 26.3 Å². The molecule has 0 N–H and O–H groups in total. The smallest absolute Gasteiger partial charge is 0.308 e. The van der Waals surface area contributed by atoms with Gasteiger partial charge in [0.15, 0.2) is 14.1 Å². The van der Waals surface area contributed by atoms with Crippen molar-refractivity contribution in [2.75, 3.05) is 4.43 Å². The first-order valence-electron chi connectivity index (χ1n) is 24.1. The van der Waals surface area contributed by atoms with Gasteiger partial charge < -0.3 is 51.8 Å². The van der Waals surface area contributed by atoms with E-state index in [0.717, 1.165) is 78.7 Å². The lowest BCUT2D eigenvalue weighted by molar-refractivity contribution is -0.293. The molecule has 0 saturated carbocycles. The summed E-state index contributed by atoms with van der Waals surface area (Å²) in [5.74, 6) is -0.920. The molecule has 0 aromatic carbocycles. The van der Waals surface area contributed by atoms with Crippen LogP contribution in [0.4, 0.5) is 0 Å². The largest absolute Gasteiger partial charge is 0.459 e. The van der Waals surface area contributed by atoms with Gasteiger partial charge in [-0.05, 0) is 80.1 Å². The molecule has 12 nitrogen and oxygen atoms in total. The van der Waals surface area contributed by atoms with Crippen molar-refractivity contribution in [3.8, 4) is 0 Å². The van der Waals surface area contributed by atoms with Crippen LogP contribution in [0.3, 0.4) is 0 Å². The fourth-order valence-electron chi connectivity index (χ4n) is 13.1. The molecule has 21 atom stereocenters. The molecule has 11 saturated heterocycles. The maximum Gasteiger partial charge on any atom is 0.308 e. The number of hydrogen-bond acceptors (Lipinski definition) is 12. The molecule has 11 fully saturated rings. The molecule has 61 heavy (non-hydrogen) atoms. The van der Waals surface area contributed by atoms with Crippen LogP contribution < -0.4 is 0 Å². The second-order valence-electron chi connectivity index (χ2n) is 20.4. The highest BCUT2D eigenvalue weighted by molar-refractivity contribution is 14.1. The molecule has 12 bridgehead atoms. The first kappa shape index (κ1) is 44.3. The van der Waals surface area contributed by atoms with Gasteiger partial charge in [-0.1, -0.05) is 70.4 Å². The Labute approximate surface area is 377 Å². The van der Waals surface area contributed by atoms with Crippen LogP contribution in [0.2, 0.25) is 18.1 Å². The fraction of sp³-hybridized carbons (Fsp3) is 0.894. The summed E-state index contributed by atoms with van der Waals surface area (Å²) in [4.78, 5) is 14.3. The van der Waals surface area contributed by atoms with E-state index in [-0.39, 0.29) is 122 Å². The molecular formula is C47H71IO12Si. The molecule has 342 valence electrons. The van der Waals surface area contributed by atoms with Crippen LogP contribution in [0.15, 0.2) is 24.3 Å². The standard InChI is InChI=1S/C47H71IO12Si/c1-8-61(9-2,10-3)60-34-21-36-40(56-38(34)23-48)27(7)41-35(53-36)20-33-26(6)24(4)17-28(51-33)11-13-31-25(5)18-30(50-31)15-16-47-22-37-43(58-47)44-45(55-37)46(59-47)42-32(54-44)14-12-29(52-42)19-39(49)57-41/h24,27-38,40-46H,5-6,8-23H2,1-4,7H3/t24-,27+,28+,29-,30+,31+,32+,33?,34-,35+,36+,37?,38-,40+,41-,42+,43?,44+,45-,46?,47+/m1/s1. The SMILES string of the molecule is C=C1C2C[C@@H]3O[C@H]4C[C@@H](O[Si](CC)(CC)CC)[C@@H](CI)O[C@H]4[C@H](C)[C@H]3OC(=O)C[C@H]3CC[C@@H]4O[C@H]5C6O[C@]7(CC[C@H]8CC(=C)[C@H](CC[C@@H](C[C@H]1C)O2)O8)CC6O[C@H]5C(O7)[C@H]4O3. The number of fused-ring (bicyclic) bond motifs is 7. The Kier molecular flexibility index (Phi) is 12.8. The summed E-state index contributed by atoms with van der Waals surface area (Å²) in [5, 5.41) is 0. The first-order chi connectivity index (χ1) is 29.4. The average Bonchev–Trinajstić information content (AvgIpc) is 3.84. The number of esters is 1. The number of carbonyl (C=O) groups is 1. The van der Waals surface area contributed by atoms with Gasteiger partial charge in [-0.25, -0.2) is 0 Å². The summed E-state index contributed by atoms with van der Waals surface area (Å²) in [6.45, 7) is 20.3. The number of ether oxygens (including phenoxy) is 10. The molecule has 0 aliphatic carbocycles. The first-order valence-corrected chi connectivity index (χ1v) is 28.2. The summed E-state index contributed by atoms with van der Waals surface area (Å²) < 4.78 is 76.6. The van der Waals surface area contributed by atoms with E-state index in [1.165, 1.54) is 0 Å². The van der Waals surface area contributed by atoms with Gasteiger partial charge in [0.05, 0.1) is 79.7 Å². The molecule has 11 aliphatic heterocycles. The summed E-state index contributed by atoms with van der Waals surface area (Å²) in [7, 11) is -1.92. The highest BCUT2D eigenvalue weighted by Crippen LogP contribution is 2.54. The van der Waals surface area contributed by atoms with Crippen molar-refractivity contribution < 1.29 is 56.6 Å². The van der Waals surface area contributed by atoms with Gasteiger partial charge in [0.25, 0.3) is 0 Å². The second kappa shape index (κ2) is 17.6. The van der Waals surface area contributed by atoms with Crippen molar-refractivity contribution in [3.63, 3.8) is 0 Å². The molecule has 11 rings (SSSR count). The zero-order chi connectivity index (χ0) is 42.4. The minimum absolute atomic E-state index is 0.0155. The maximum absolute atomic E-state index is 14.3. The molecule has 11 aliphatic rings. The van der Waals surface area contributed by atoms with Crippen LogP contribution in [0.5, 0.6) is 0 Å². The van der Waals surface area contributed by atoms with Crippen molar-refractivity contribution in [2.24, 2.45) is 11.8 Å². The summed E-state index contributed by atoms with van der Waals surface area (Å²) in [6, 6.07) is 3.24. The second-order valence-corrected chi connectivity index (χ2v) is 26.0. The number of alkyl halides is 1. The molecule has 0 aromatic heterocycles. The zero-order valence-corrected chi connectivity index (χ0v) is 40.2. The Morgan fingerprint density at radius 1 is 0.672 bits per heavy atom. The molecule has 0 amide bonds. The Balaban J connectivity index is 0.928. The minimum Gasteiger partial charge on any atom is -0.459 e. The van der Waals surface area contributed by atoms with E-state index in [2.05, 4.69) is 70.4 Å². The van der Waals surface area contributed by atoms with Crippen molar-refractivity contribution in [2.45, 2.75) is 245 Å². The number of hydrogen-bond donors (Lipinski definition) is 0. The average molecular weight is 983 g/mol. The van der Waals surface area contributed by atoms with E-state index in [0.29, 0.717) is 25.7 Å². The van der Waals surface area contributed by atoms with Gasteiger partial charge in [0.2, 0.25) is 0 Å². The van der Waals surface area contributed by atoms with Gasteiger partial charge >= 0.3 is 5.97 Å². The van der Waals surface area contributed by atoms with E-state index in [1.54, 1.807) is 0 Å². The third kappa shape index (κ3) is 8.24. The van der Waals surface area contributed by atoms with Crippen molar-refractivity contribution in [3.05, 3.63) is 24.3 Å². The lowest BCUT2D eigenvalue weighted by atomic mass is 9.79. The minimum atomic E-state index is -1.92. The van der Waals surface area contributed by atoms with Crippen LogP contribution in [-0.2, 0) is 56.6 Å². The van der Waals surface area contributed by atoms with E-state index in [9.17, 15) is 4.79 Å². The van der Waals surface area contributed by atoms with Crippen LogP contribution >= 0.6 is 22.6 Å². The lowest BCUT2D eigenvalue weighted by Gasteiger charge is -2.52. The van der Waals surface area contributed by atoms with Crippen LogP contribution in [0.25, 0.3) is 0 Å². The predicted octanol–water partition coefficient (Wildman–Crippen LogP) is 7.67. The van der Waals surface area contributed by atoms with Gasteiger partial charge in [0, 0.05) is 36.0 Å². The third-order valence-electron chi connectivity index (χ3n) is 16.9. The van der Waals surface area contributed by atoms with Gasteiger partial charge in [-0.2, -0.15) is 0 Å². The number of carbonyl (C=O) groups excluding carboxylic acids is 1. The summed E-state index contributed by atoms with van der Waals surface area (Å²) >= 11 is 2.44. The van der Waals surface area contributed by atoms with Crippen LogP contribution in [-0.4, -0.2) is 134 Å². The quantitative estimate of drug-likeness (QED) is 0.0855. The molecule has 4 unspecified atom stereocenters. The van der Waals surface area contributed by atoms with E-state index in [1.807, 2.05) is 0 Å². The van der Waals surface area contributed by atoms with E-state index >= 15 is 0 Å². The van der Waals surface area contributed by atoms with Crippen molar-refractivity contribution >= 4 is 36.9 Å². The van der Waals surface area contributed by atoms with Crippen LogP contribution in [0, 0.1) is 11.8 Å². The molecule has 0 radical (unpaired) electrons. The molecule has 1 spiro atoms. The monoisotopic (exact) mass is 982 g/mol. The normalized spacial score (nSPS) is 51.0. The Hall–Kier alpha value is -0.503. The third-order valence-corrected chi connectivity index (χ3v) is 22.4. The van der Waals surface area contributed by atoms with Crippen LogP contribution in [0.1, 0.15) is 112 Å². The molecule has 14 heteroatoms. The van der Waals surface area contributed by atoms with Gasteiger partial charge in [-0.15, -0.1) is 0 Å². The topological polar surface area (TPSA) is 119 Å². The lowest BCUT2D eigenvalue weighted by Crippen LogP contribution is -2.63. The number of halogens is 1. The highest BCUT2D eigenvalue weighted by Gasteiger charge is 2.69. The zero-order valence-electron chi connectivity index (χ0n) is 37.1. The predicted molar refractivity (Wildman–Crippen MR) is 236 cm³/mol. The molecule has 11 heterocycles. The molecule has 0 aromatic rings. The van der Waals surface area contributed by atoms with Gasteiger partial charge in [0.1, 0.15) is 36.6 Å². The van der Waals surface area contributed by atoms with Gasteiger partial charge in [-0.3, -0.25) is 4.79 Å². The van der Waals surface area contributed by atoms with Crippen molar-refractivity contribution in [1.82, 2.24) is 0 Å². The Morgan fingerprint density at radius 2 is 1.38 bits per heavy atom. The van der Waals surface area contributed by atoms with E-state index in [4.69, 9.17) is 51.8 Å². The maximum atomic E-state index is 14.3.